The van der Waals surface area contributed by atoms with Crippen LogP contribution < -0.4 is 5.32 Å². The molecule has 0 radical (unpaired) electrons. The lowest BCUT2D eigenvalue weighted by Crippen LogP contribution is -2.39. The van der Waals surface area contributed by atoms with E-state index in [0.717, 1.165) is 43.7 Å². The van der Waals surface area contributed by atoms with Crippen LogP contribution in [0.3, 0.4) is 0 Å². The fourth-order valence-electron chi connectivity index (χ4n) is 3.19. The van der Waals surface area contributed by atoms with Crippen molar-refractivity contribution >= 4 is 5.91 Å². The van der Waals surface area contributed by atoms with Crippen LogP contribution in [0.2, 0.25) is 0 Å². The van der Waals surface area contributed by atoms with Crippen LogP contribution in [0.5, 0.6) is 0 Å². The molecule has 1 unspecified atom stereocenters. The summed E-state index contributed by atoms with van der Waals surface area (Å²) >= 11 is 0. The number of carbonyl (C=O) groups excluding carboxylic acids is 1. The number of piperidine rings is 1. The highest BCUT2D eigenvalue weighted by atomic mass is 16.2. The van der Waals surface area contributed by atoms with Gasteiger partial charge in [-0.15, -0.1) is 0 Å². The Labute approximate surface area is 145 Å². The molecular formula is C20H29N3O. The summed E-state index contributed by atoms with van der Waals surface area (Å²) in [4.78, 5) is 14.4. The van der Waals surface area contributed by atoms with E-state index < -0.39 is 0 Å². The highest BCUT2D eigenvalue weighted by molar-refractivity contribution is 5.81. The van der Waals surface area contributed by atoms with Gasteiger partial charge in [-0.1, -0.05) is 39.0 Å². The third-order valence-electron chi connectivity index (χ3n) is 4.65. The molecule has 4 heteroatoms. The summed E-state index contributed by atoms with van der Waals surface area (Å²) in [6.07, 6.45) is 3.44. The molecule has 1 fully saturated rings. The maximum Gasteiger partial charge on any atom is 0.225 e. The second kappa shape index (κ2) is 8.30. The van der Waals surface area contributed by atoms with Crippen LogP contribution in [-0.2, 0) is 11.3 Å². The van der Waals surface area contributed by atoms with Crippen LogP contribution in [0, 0.1) is 22.7 Å². The topological polar surface area (TPSA) is 56.1 Å². The number of rotatable bonds is 5. The Morgan fingerprint density at radius 3 is 2.83 bits per heavy atom. The van der Waals surface area contributed by atoms with Gasteiger partial charge in [0.2, 0.25) is 5.91 Å². The van der Waals surface area contributed by atoms with E-state index in [4.69, 9.17) is 0 Å². The van der Waals surface area contributed by atoms with Crippen LogP contribution in [0.15, 0.2) is 24.3 Å². The maximum atomic E-state index is 11.9. The number of amides is 1. The van der Waals surface area contributed by atoms with Crippen LogP contribution >= 0.6 is 0 Å². The monoisotopic (exact) mass is 327 g/mol. The largest absolute Gasteiger partial charge is 0.356 e. The summed E-state index contributed by atoms with van der Waals surface area (Å²) in [6.45, 7) is 9.56. The molecule has 2 rings (SSSR count). The standard InChI is InChI=1S/C20H29N3O/c1-20(2,3)19(24)22-11-10-16-7-6-12-23(14-16)15-18-9-5-4-8-17(18)13-21/h4-5,8-9,16H,6-7,10-12,14-15H2,1-3H3,(H,22,24). The molecule has 0 aromatic heterocycles. The molecule has 1 atom stereocenters. The Hall–Kier alpha value is -1.86. The number of carbonyl (C=O) groups is 1. The van der Waals surface area contributed by atoms with Gasteiger partial charge in [0.15, 0.2) is 0 Å². The summed E-state index contributed by atoms with van der Waals surface area (Å²) in [5.74, 6) is 0.742. The number of benzene rings is 1. The molecule has 0 spiro atoms. The zero-order chi connectivity index (χ0) is 17.6. The number of nitriles is 1. The van der Waals surface area contributed by atoms with Gasteiger partial charge in [0.1, 0.15) is 0 Å². The van der Waals surface area contributed by atoms with E-state index in [0.29, 0.717) is 5.92 Å². The minimum absolute atomic E-state index is 0.123. The third kappa shape index (κ3) is 5.35. The minimum Gasteiger partial charge on any atom is -0.356 e. The average molecular weight is 327 g/mol. The lowest BCUT2D eigenvalue weighted by Gasteiger charge is -2.33. The predicted octanol–water partition coefficient (Wildman–Crippen LogP) is 3.32. The van der Waals surface area contributed by atoms with Crippen molar-refractivity contribution in [2.24, 2.45) is 11.3 Å². The molecule has 1 saturated heterocycles. The Kier molecular flexibility index (Phi) is 6.39. The van der Waals surface area contributed by atoms with Crippen LogP contribution in [0.4, 0.5) is 0 Å². The Balaban J connectivity index is 1.82. The van der Waals surface area contributed by atoms with E-state index in [2.05, 4.69) is 16.3 Å². The number of hydrogen-bond donors (Lipinski definition) is 1. The maximum absolute atomic E-state index is 11.9. The quantitative estimate of drug-likeness (QED) is 0.902. The van der Waals surface area contributed by atoms with Gasteiger partial charge in [0, 0.05) is 25.0 Å². The van der Waals surface area contributed by atoms with Crippen molar-refractivity contribution in [1.29, 1.82) is 5.26 Å². The molecule has 1 aliphatic rings. The van der Waals surface area contributed by atoms with Gasteiger partial charge in [-0.05, 0) is 43.4 Å². The van der Waals surface area contributed by atoms with E-state index in [1.807, 2.05) is 45.0 Å². The van der Waals surface area contributed by atoms with Gasteiger partial charge < -0.3 is 5.32 Å². The molecular weight excluding hydrogens is 298 g/mol. The zero-order valence-corrected chi connectivity index (χ0v) is 15.1. The second-order valence-electron chi connectivity index (χ2n) is 7.81. The molecule has 1 amide bonds. The summed E-state index contributed by atoms with van der Waals surface area (Å²) < 4.78 is 0. The highest BCUT2D eigenvalue weighted by Gasteiger charge is 2.23. The number of hydrogen-bond acceptors (Lipinski definition) is 3. The van der Waals surface area contributed by atoms with Crippen molar-refractivity contribution in [3.05, 3.63) is 35.4 Å². The van der Waals surface area contributed by atoms with Crippen molar-refractivity contribution in [2.45, 2.75) is 46.6 Å². The lowest BCUT2D eigenvalue weighted by molar-refractivity contribution is -0.128. The fourth-order valence-corrected chi connectivity index (χ4v) is 3.19. The molecule has 1 aromatic rings. The van der Waals surface area contributed by atoms with E-state index in [1.165, 1.54) is 12.8 Å². The summed E-state index contributed by atoms with van der Waals surface area (Å²) in [5.41, 5.74) is 1.57. The average Bonchev–Trinajstić information content (AvgIpc) is 2.55. The summed E-state index contributed by atoms with van der Waals surface area (Å²) in [7, 11) is 0. The molecule has 1 aromatic carbocycles. The van der Waals surface area contributed by atoms with Gasteiger partial charge in [-0.3, -0.25) is 9.69 Å². The Morgan fingerprint density at radius 1 is 1.38 bits per heavy atom. The minimum atomic E-state index is -0.320. The highest BCUT2D eigenvalue weighted by Crippen LogP contribution is 2.22. The molecule has 1 heterocycles. The van der Waals surface area contributed by atoms with Crippen molar-refractivity contribution in [2.75, 3.05) is 19.6 Å². The number of nitrogens with zero attached hydrogens (tertiary/aromatic N) is 2. The van der Waals surface area contributed by atoms with Crippen LogP contribution in [0.25, 0.3) is 0 Å². The number of nitrogens with one attached hydrogen (secondary N) is 1. The van der Waals surface area contributed by atoms with Gasteiger partial charge in [0.05, 0.1) is 11.6 Å². The van der Waals surface area contributed by atoms with E-state index in [-0.39, 0.29) is 11.3 Å². The zero-order valence-electron chi connectivity index (χ0n) is 15.1. The van der Waals surface area contributed by atoms with Gasteiger partial charge in [-0.25, -0.2) is 0 Å². The molecule has 1 aliphatic heterocycles. The fraction of sp³-hybridized carbons (Fsp3) is 0.600. The lowest BCUT2D eigenvalue weighted by atomic mass is 9.93. The Bertz CT molecular complexity index is 598. The second-order valence-corrected chi connectivity index (χ2v) is 7.81. The predicted molar refractivity (Wildman–Crippen MR) is 96.2 cm³/mol. The number of likely N-dealkylation sites (tertiary alicyclic amines) is 1. The SMILES string of the molecule is CC(C)(C)C(=O)NCCC1CCCN(Cc2ccccc2C#N)C1. The van der Waals surface area contributed by atoms with Gasteiger partial charge >= 0.3 is 0 Å². The van der Waals surface area contributed by atoms with Crippen molar-refractivity contribution in [1.82, 2.24) is 10.2 Å². The first-order valence-corrected chi connectivity index (χ1v) is 8.89. The molecule has 1 N–H and O–H groups in total. The smallest absolute Gasteiger partial charge is 0.225 e. The molecule has 0 aliphatic carbocycles. The normalized spacial score (nSPS) is 18.8. The van der Waals surface area contributed by atoms with Crippen LogP contribution in [0.1, 0.15) is 51.2 Å². The van der Waals surface area contributed by atoms with E-state index in [9.17, 15) is 10.1 Å². The van der Waals surface area contributed by atoms with E-state index >= 15 is 0 Å². The summed E-state index contributed by atoms with van der Waals surface area (Å²) in [5, 5.41) is 12.3. The molecule has 130 valence electrons. The van der Waals surface area contributed by atoms with Gasteiger partial charge in [0.25, 0.3) is 0 Å². The van der Waals surface area contributed by atoms with E-state index in [1.54, 1.807) is 0 Å². The Morgan fingerprint density at radius 2 is 2.12 bits per heavy atom. The van der Waals surface area contributed by atoms with Crippen molar-refractivity contribution in [3.8, 4) is 6.07 Å². The van der Waals surface area contributed by atoms with Gasteiger partial charge in [-0.2, -0.15) is 5.26 Å². The molecule has 0 saturated carbocycles. The molecule has 24 heavy (non-hydrogen) atoms. The molecule has 0 bridgehead atoms. The summed E-state index contributed by atoms with van der Waals surface area (Å²) in [6, 6.07) is 10.1. The van der Waals surface area contributed by atoms with Crippen molar-refractivity contribution in [3.63, 3.8) is 0 Å². The first-order chi connectivity index (χ1) is 11.4. The molecule has 4 nitrogen and oxygen atoms in total. The first kappa shape index (κ1) is 18.5. The first-order valence-electron chi connectivity index (χ1n) is 8.89. The van der Waals surface area contributed by atoms with Crippen molar-refractivity contribution < 1.29 is 4.79 Å². The third-order valence-corrected chi connectivity index (χ3v) is 4.65. The van der Waals surface area contributed by atoms with Crippen LogP contribution in [-0.4, -0.2) is 30.4 Å².